The largest absolute Gasteiger partial charge is 0.364 e. The highest BCUT2D eigenvalue weighted by Gasteiger charge is 2.40. The second-order valence-corrected chi connectivity index (χ2v) is 4.70. The van der Waals surface area contributed by atoms with Gasteiger partial charge in [-0.15, -0.1) is 0 Å². The third-order valence-electron chi connectivity index (χ3n) is 2.81. The lowest BCUT2D eigenvalue weighted by Crippen LogP contribution is -2.30. The molecule has 0 N–H and O–H groups in total. The van der Waals surface area contributed by atoms with Gasteiger partial charge in [0, 0.05) is 0 Å². The molecule has 0 bridgehead atoms. The maximum absolute atomic E-state index is 13.7. The third-order valence-corrected chi connectivity index (χ3v) is 2.81. The highest BCUT2D eigenvalue weighted by atomic mass is 19.3. The number of rotatable bonds is 9. The third kappa shape index (κ3) is 7.03. The maximum atomic E-state index is 13.7. The molecule has 0 heterocycles. The van der Waals surface area contributed by atoms with E-state index in [1.165, 1.54) is 0 Å². The van der Waals surface area contributed by atoms with Crippen LogP contribution in [0.1, 0.15) is 33.6 Å². The van der Waals surface area contributed by atoms with Crippen molar-refractivity contribution in [2.45, 2.75) is 39.7 Å². The minimum Gasteiger partial charge on any atom is -0.316 e. The number of alkyl halides is 3. The summed E-state index contributed by atoms with van der Waals surface area (Å²) in [6, 6.07) is 0. The van der Waals surface area contributed by atoms with Gasteiger partial charge in [0.2, 0.25) is 0 Å². The summed E-state index contributed by atoms with van der Waals surface area (Å²) in [7, 11) is 0. The average molecular weight is 300 g/mol. The van der Waals surface area contributed by atoms with Crippen LogP contribution in [-0.4, -0.2) is 19.4 Å². The molecule has 0 aromatic heterocycles. The van der Waals surface area contributed by atoms with Crippen molar-refractivity contribution in [2.24, 2.45) is 11.8 Å². The first-order valence-electron chi connectivity index (χ1n) is 6.54. The lowest BCUT2D eigenvalue weighted by Gasteiger charge is -2.22. The van der Waals surface area contributed by atoms with Crippen molar-refractivity contribution in [1.29, 1.82) is 0 Å². The zero-order valence-corrected chi connectivity index (χ0v) is 11.9. The summed E-state index contributed by atoms with van der Waals surface area (Å²) in [6.07, 6.45) is -0.568. The molecule has 118 valence electrons. The topological polar surface area (TPSA) is 9.23 Å². The molecule has 6 heteroatoms. The summed E-state index contributed by atoms with van der Waals surface area (Å²) in [5, 5.41) is 0. The number of ether oxygens (including phenoxy) is 1. The Morgan fingerprint density at radius 2 is 1.85 bits per heavy atom. The van der Waals surface area contributed by atoms with E-state index in [1.807, 2.05) is 6.92 Å². The number of hydrogen-bond donors (Lipinski definition) is 0. The van der Waals surface area contributed by atoms with Crippen LogP contribution in [-0.2, 0) is 4.74 Å². The molecule has 2 atom stereocenters. The number of hydrogen-bond acceptors (Lipinski definition) is 1. The summed E-state index contributed by atoms with van der Waals surface area (Å²) in [4.78, 5) is 0. The van der Waals surface area contributed by atoms with Gasteiger partial charge in [0.15, 0.2) is 0 Å². The average Bonchev–Trinajstić information content (AvgIpc) is 2.37. The molecule has 0 aliphatic rings. The first-order chi connectivity index (χ1) is 9.24. The van der Waals surface area contributed by atoms with E-state index >= 15 is 0 Å². The molecule has 0 amide bonds. The van der Waals surface area contributed by atoms with E-state index in [2.05, 4.69) is 4.74 Å². The molecule has 0 fully saturated rings. The van der Waals surface area contributed by atoms with Crippen molar-refractivity contribution in [1.82, 2.24) is 0 Å². The first-order valence-corrected chi connectivity index (χ1v) is 6.54. The zero-order valence-electron chi connectivity index (χ0n) is 11.9. The highest BCUT2D eigenvalue weighted by molar-refractivity contribution is 5.01. The van der Waals surface area contributed by atoms with Crippen LogP contribution in [0.3, 0.4) is 0 Å². The van der Waals surface area contributed by atoms with E-state index < -0.39 is 37.0 Å². The first kappa shape index (κ1) is 19.1. The monoisotopic (exact) mass is 300 g/mol. The number of allylic oxidation sites excluding steroid dienone is 2. The van der Waals surface area contributed by atoms with E-state index in [4.69, 9.17) is 0 Å². The Morgan fingerprint density at radius 1 is 1.25 bits per heavy atom. The van der Waals surface area contributed by atoms with Crippen molar-refractivity contribution in [3.05, 3.63) is 23.8 Å². The second kappa shape index (κ2) is 9.10. The Kier molecular flexibility index (Phi) is 8.69. The lowest BCUT2D eigenvalue weighted by atomic mass is 10.0. The molecule has 2 unspecified atom stereocenters. The van der Waals surface area contributed by atoms with Crippen molar-refractivity contribution >= 4 is 0 Å². The molecule has 0 spiro atoms. The van der Waals surface area contributed by atoms with Crippen LogP contribution in [0.2, 0.25) is 0 Å². The molecule has 0 aromatic rings. The summed E-state index contributed by atoms with van der Waals surface area (Å²) < 4.78 is 69.0. The SMILES string of the molecule is CCCC(C)/C=C(/F)C(C)C(F)(F)OC/C=C(/F)CF. The van der Waals surface area contributed by atoms with Gasteiger partial charge in [0.05, 0.1) is 12.5 Å². The smallest absolute Gasteiger partial charge is 0.316 e. The highest BCUT2D eigenvalue weighted by Crippen LogP contribution is 2.33. The summed E-state index contributed by atoms with van der Waals surface area (Å²) in [6.45, 7) is 2.43. The van der Waals surface area contributed by atoms with E-state index in [-0.39, 0.29) is 5.92 Å². The lowest BCUT2D eigenvalue weighted by molar-refractivity contribution is -0.257. The van der Waals surface area contributed by atoms with Gasteiger partial charge in [-0.3, -0.25) is 0 Å². The van der Waals surface area contributed by atoms with E-state index in [1.54, 1.807) is 6.92 Å². The van der Waals surface area contributed by atoms with Crippen LogP contribution in [0.15, 0.2) is 23.8 Å². The summed E-state index contributed by atoms with van der Waals surface area (Å²) in [5.41, 5.74) is 0. The molecule has 0 saturated heterocycles. The minimum absolute atomic E-state index is 0.151. The van der Waals surface area contributed by atoms with Gasteiger partial charge in [0.1, 0.15) is 18.3 Å². The van der Waals surface area contributed by atoms with E-state index in [0.29, 0.717) is 12.5 Å². The Hall–Kier alpha value is -0.910. The Balaban J connectivity index is 4.59. The van der Waals surface area contributed by atoms with Crippen LogP contribution in [0.5, 0.6) is 0 Å². The van der Waals surface area contributed by atoms with Gasteiger partial charge >= 0.3 is 6.11 Å². The van der Waals surface area contributed by atoms with Crippen molar-refractivity contribution < 1.29 is 26.7 Å². The molecule has 0 aliphatic carbocycles. The standard InChI is InChI=1S/C14H21F5O/c1-4-5-10(2)8-13(17)11(3)14(18,19)20-7-6-12(16)9-15/h6,8,10-11H,4-5,7,9H2,1-3H3/b12-6+,13-8+. The van der Waals surface area contributed by atoms with Crippen LogP contribution in [0, 0.1) is 11.8 Å². The quantitative estimate of drug-likeness (QED) is 0.522. The molecule has 20 heavy (non-hydrogen) atoms. The van der Waals surface area contributed by atoms with Crippen LogP contribution >= 0.6 is 0 Å². The molecule has 0 aromatic carbocycles. The normalized spacial score (nSPS) is 17.2. The minimum atomic E-state index is -3.78. The molecule has 1 nitrogen and oxygen atoms in total. The fourth-order valence-electron chi connectivity index (χ4n) is 1.54. The van der Waals surface area contributed by atoms with Crippen LogP contribution in [0.25, 0.3) is 0 Å². The van der Waals surface area contributed by atoms with Gasteiger partial charge in [-0.2, -0.15) is 8.78 Å². The molecule has 0 aliphatic heterocycles. The Labute approximate surface area is 116 Å². The van der Waals surface area contributed by atoms with Gasteiger partial charge < -0.3 is 4.74 Å². The van der Waals surface area contributed by atoms with E-state index in [9.17, 15) is 22.0 Å². The summed E-state index contributed by atoms with van der Waals surface area (Å²) >= 11 is 0. The summed E-state index contributed by atoms with van der Waals surface area (Å²) in [5.74, 6) is -4.09. The van der Waals surface area contributed by atoms with Crippen molar-refractivity contribution in [3.63, 3.8) is 0 Å². The predicted molar refractivity (Wildman–Crippen MR) is 68.5 cm³/mol. The Morgan fingerprint density at radius 3 is 2.35 bits per heavy atom. The number of halogens is 5. The van der Waals surface area contributed by atoms with Crippen molar-refractivity contribution in [3.8, 4) is 0 Å². The van der Waals surface area contributed by atoms with Gasteiger partial charge in [-0.25, -0.2) is 13.2 Å². The van der Waals surface area contributed by atoms with Crippen LogP contribution < -0.4 is 0 Å². The van der Waals surface area contributed by atoms with E-state index in [0.717, 1.165) is 19.4 Å². The van der Waals surface area contributed by atoms with Crippen LogP contribution in [0.4, 0.5) is 22.0 Å². The fourth-order valence-corrected chi connectivity index (χ4v) is 1.54. The van der Waals surface area contributed by atoms with Gasteiger partial charge in [-0.05, 0) is 31.4 Å². The van der Waals surface area contributed by atoms with Gasteiger partial charge in [0.25, 0.3) is 0 Å². The van der Waals surface area contributed by atoms with Crippen molar-refractivity contribution in [2.75, 3.05) is 13.3 Å². The fraction of sp³-hybridized carbons (Fsp3) is 0.714. The molecule has 0 rings (SSSR count). The molecular formula is C14H21F5O. The molecule has 0 radical (unpaired) electrons. The molecule has 0 saturated carbocycles. The van der Waals surface area contributed by atoms with Gasteiger partial charge in [-0.1, -0.05) is 20.3 Å². The Bertz CT molecular complexity index is 338. The predicted octanol–water partition coefficient (Wildman–Crippen LogP) is 5.34. The second-order valence-electron chi connectivity index (χ2n) is 4.70. The maximum Gasteiger partial charge on any atom is 0.364 e. The molecular weight excluding hydrogens is 279 g/mol. The zero-order chi connectivity index (χ0) is 15.8.